The Labute approximate surface area is 175 Å². The minimum atomic E-state index is -4.33. The third kappa shape index (κ3) is 4.89. The van der Waals surface area contributed by atoms with Crippen LogP contribution in [0.1, 0.15) is 16.8 Å². The Balaban J connectivity index is 1.55. The zero-order valence-corrected chi connectivity index (χ0v) is 17.2. The fourth-order valence-electron chi connectivity index (χ4n) is 3.44. The predicted octanol–water partition coefficient (Wildman–Crippen LogP) is 3.48. The van der Waals surface area contributed by atoms with Gasteiger partial charge >= 0.3 is 7.60 Å². The van der Waals surface area contributed by atoms with Gasteiger partial charge in [0.25, 0.3) is 0 Å². The summed E-state index contributed by atoms with van der Waals surface area (Å²) in [5.41, 5.74) is 4.66. The summed E-state index contributed by atoms with van der Waals surface area (Å²) in [6.07, 6.45) is 6.18. The molecule has 0 radical (unpaired) electrons. The third-order valence-electron chi connectivity index (χ3n) is 4.93. The van der Waals surface area contributed by atoms with E-state index in [0.29, 0.717) is 12.0 Å². The zero-order chi connectivity index (χ0) is 21.0. The lowest BCUT2D eigenvalue weighted by atomic mass is 10.0. The molecule has 4 aromatic rings. The second-order valence-corrected chi connectivity index (χ2v) is 8.70. The summed E-state index contributed by atoms with van der Waals surface area (Å²) < 4.78 is 13.9. The molecule has 0 aliphatic carbocycles. The molecule has 0 aliphatic rings. The smallest absolute Gasteiger partial charge is 0.321 e. The van der Waals surface area contributed by atoms with Crippen molar-refractivity contribution in [2.75, 3.05) is 0 Å². The zero-order valence-electron chi connectivity index (χ0n) is 16.3. The molecule has 0 amide bonds. The van der Waals surface area contributed by atoms with Crippen molar-refractivity contribution < 1.29 is 18.9 Å². The lowest BCUT2D eigenvalue weighted by Gasteiger charge is -2.11. The largest absolute Gasteiger partial charge is 0.356 e. The fourth-order valence-corrected chi connectivity index (χ4v) is 4.25. The Morgan fingerprint density at radius 3 is 2.27 bits per heavy atom. The minimum Gasteiger partial charge on any atom is -0.321 e. The van der Waals surface area contributed by atoms with E-state index in [4.69, 9.17) is 0 Å². The van der Waals surface area contributed by atoms with E-state index >= 15 is 0 Å². The molecule has 0 fully saturated rings. The van der Waals surface area contributed by atoms with E-state index in [9.17, 15) is 14.4 Å². The van der Waals surface area contributed by atoms with Crippen LogP contribution in [0.5, 0.6) is 0 Å². The lowest BCUT2D eigenvalue weighted by Crippen LogP contribution is -2.32. The highest BCUT2D eigenvalue weighted by atomic mass is 31.2. The van der Waals surface area contributed by atoms with Crippen molar-refractivity contribution in [1.29, 1.82) is 0 Å². The molecule has 0 bridgehead atoms. The maximum Gasteiger partial charge on any atom is 0.356 e. The maximum atomic E-state index is 11.8. The molecule has 30 heavy (non-hydrogen) atoms. The van der Waals surface area contributed by atoms with Gasteiger partial charge in [-0.15, -0.1) is 0 Å². The summed E-state index contributed by atoms with van der Waals surface area (Å²) in [4.78, 5) is 23.6. The standard InChI is InChI=1S/C24H21N2O3P/c27-30(28,29)24-9-5-4-8-22(24)17-23-16-21(10-13-25-23)20-11-14-26(15-12-20)18-19-6-2-1-3-7-19/h1-16H,17-18H2,(H-,27,28,29)/p+1. The van der Waals surface area contributed by atoms with Gasteiger partial charge in [-0.25, -0.2) is 4.57 Å². The number of nitrogens with zero attached hydrogens (tertiary/aromatic N) is 2. The fraction of sp³-hybridized carbons (Fsp3) is 0.0833. The van der Waals surface area contributed by atoms with Gasteiger partial charge in [0.1, 0.15) is 0 Å². The summed E-state index contributed by atoms with van der Waals surface area (Å²) in [6, 6.07) is 24.9. The first-order chi connectivity index (χ1) is 14.5. The second kappa shape index (κ2) is 8.72. The van der Waals surface area contributed by atoms with Gasteiger partial charge in [0.15, 0.2) is 18.9 Å². The summed E-state index contributed by atoms with van der Waals surface area (Å²) >= 11 is 0. The first kappa shape index (κ1) is 20.2. The highest BCUT2D eigenvalue weighted by Gasteiger charge is 2.21. The second-order valence-electron chi connectivity index (χ2n) is 7.13. The predicted molar refractivity (Wildman–Crippen MR) is 116 cm³/mol. The highest BCUT2D eigenvalue weighted by molar-refractivity contribution is 7.60. The number of hydrogen-bond donors (Lipinski definition) is 2. The topological polar surface area (TPSA) is 74.3 Å². The molecule has 0 spiro atoms. The Hall–Kier alpha value is -3.11. The van der Waals surface area contributed by atoms with Gasteiger partial charge in [-0.2, -0.15) is 0 Å². The summed E-state index contributed by atoms with van der Waals surface area (Å²) in [7, 11) is -4.33. The lowest BCUT2D eigenvalue weighted by molar-refractivity contribution is -0.688. The van der Waals surface area contributed by atoms with Gasteiger partial charge in [-0.1, -0.05) is 48.5 Å². The first-order valence-electron chi connectivity index (χ1n) is 9.61. The van der Waals surface area contributed by atoms with Crippen LogP contribution in [0.4, 0.5) is 0 Å². The van der Waals surface area contributed by atoms with Gasteiger partial charge < -0.3 is 9.79 Å². The van der Waals surface area contributed by atoms with Crippen LogP contribution in [0.2, 0.25) is 0 Å². The number of pyridine rings is 2. The van der Waals surface area contributed by atoms with Crippen LogP contribution in [0.15, 0.2) is 97.5 Å². The van der Waals surface area contributed by atoms with Crippen molar-refractivity contribution in [3.63, 3.8) is 0 Å². The van der Waals surface area contributed by atoms with Crippen LogP contribution >= 0.6 is 7.60 Å². The average molecular weight is 417 g/mol. The van der Waals surface area contributed by atoms with Gasteiger partial charge in [0.05, 0.1) is 5.30 Å². The molecule has 0 saturated heterocycles. The van der Waals surface area contributed by atoms with Crippen molar-refractivity contribution in [2.45, 2.75) is 13.0 Å². The van der Waals surface area contributed by atoms with Crippen LogP contribution in [0.3, 0.4) is 0 Å². The monoisotopic (exact) mass is 417 g/mol. The van der Waals surface area contributed by atoms with Crippen molar-refractivity contribution in [2.24, 2.45) is 0 Å². The average Bonchev–Trinajstić information content (AvgIpc) is 2.75. The molecule has 150 valence electrons. The molecular formula is C24H22N2O3P+. The van der Waals surface area contributed by atoms with Crippen LogP contribution < -0.4 is 9.87 Å². The van der Waals surface area contributed by atoms with Crippen molar-refractivity contribution in [3.8, 4) is 11.1 Å². The number of benzene rings is 2. The van der Waals surface area contributed by atoms with Crippen LogP contribution in [0.25, 0.3) is 11.1 Å². The molecule has 2 aromatic heterocycles. The van der Waals surface area contributed by atoms with Gasteiger partial charge in [-0.05, 0) is 34.9 Å². The SMILES string of the molecule is O=P(O)(O)c1ccccc1Cc1cc(-c2cc[n+](Cc3ccccc3)cc2)ccn1. The van der Waals surface area contributed by atoms with E-state index in [1.807, 2.05) is 42.7 Å². The number of rotatable bonds is 6. The molecule has 2 N–H and O–H groups in total. The van der Waals surface area contributed by atoms with Crippen LogP contribution in [0, 0.1) is 0 Å². The molecular weight excluding hydrogens is 395 g/mol. The van der Waals surface area contributed by atoms with Crippen molar-refractivity contribution in [1.82, 2.24) is 4.98 Å². The van der Waals surface area contributed by atoms with E-state index in [0.717, 1.165) is 23.4 Å². The van der Waals surface area contributed by atoms with E-state index in [-0.39, 0.29) is 5.30 Å². The molecule has 0 atom stereocenters. The molecule has 2 heterocycles. The molecule has 0 aliphatic heterocycles. The Morgan fingerprint density at radius 1 is 0.833 bits per heavy atom. The molecule has 4 rings (SSSR count). The molecule has 5 nitrogen and oxygen atoms in total. The molecule has 2 aromatic carbocycles. The van der Waals surface area contributed by atoms with Crippen molar-refractivity contribution in [3.05, 3.63) is 114 Å². The van der Waals surface area contributed by atoms with E-state index < -0.39 is 7.60 Å². The van der Waals surface area contributed by atoms with Crippen LogP contribution in [-0.2, 0) is 17.5 Å². The summed E-state index contributed by atoms with van der Waals surface area (Å²) in [5.74, 6) is 0. The van der Waals surface area contributed by atoms with Gasteiger partial charge in [0, 0.05) is 36.0 Å². The number of aromatic nitrogens is 2. The molecule has 0 unspecified atom stereocenters. The van der Waals surface area contributed by atoms with E-state index in [1.54, 1.807) is 24.4 Å². The molecule has 6 heteroatoms. The Kier molecular flexibility index (Phi) is 5.86. The third-order valence-corrected chi connectivity index (χ3v) is 5.99. The summed E-state index contributed by atoms with van der Waals surface area (Å²) in [6.45, 7) is 0.807. The van der Waals surface area contributed by atoms with E-state index in [1.165, 1.54) is 11.6 Å². The quantitative estimate of drug-likeness (QED) is 0.372. The van der Waals surface area contributed by atoms with Crippen molar-refractivity contribution >= 4 is 12.9 Å². The summed E-state index contributed by atoms with van der Waals surface area (Å²) in [5, 5.41) is 0.0545. The number of hydrogen-bond acceptors (Lipinski definition) is 2. The Bertz CT molecular complexity index is 1190. The van der Waals surface area contributed by atoms with Gasteiger partial charge in [0.2, 0.25) is 0 Å². The minimum absolute atomic E-state index is 0.0545. The van der Waals surface area contributed by atoms with Gasteiger partial charge in [-0.3, -0.25) is 9.55 Å². The Morgan fingerprint density at radius 2 is 1.53 bits per heavy atom. The highest BCUT2D eigenvalue weighted by Crippen LogP contribution is 2.35. The molecule has 0 saturated carbocycles. The normalized spacial score (nSPS) is 11.4. The van der Waals surface area contributed by atoms with Crippen LogP contribution in [-0.4, -0.2) is 14.8 Å². The first-order valence-corrected chi connectivity index (χ1v) is 11.2. The maximum absolute atomic E-state index is 11.8. The van der Waals surface area contributed by atoms with E-state index in [2.05, 4.69) is 33.8 Å².